The molecule has 1 amide bonds. The fourth-order valence-electron chi connectivity index (χ4n) is 2.73. The number of pyridine rings is 1. The molecule has 0 saturated carbocycles. The molecule has 0 saturated heterocycles. The van der Waals surface area contributed by atoms with E-state index in [1.807, 2.05) is 13.8 Å². The van der Waals surface area contributed by atoms with Crippen LogP contribution in [0.25, 0.3) is 11.3 Å². The highest BCUT2D eigenvalue weighted by Gasteiger charge is 2.35. The Morgan fingerprint density at radius 3 is 2.06 bits per heavy atom. The zero-order valence-corrected chi connectivity index (χ0v) is 17.1. The number of rotatable bonds is 7. The third kappa shape index (κ3) is 6.90. The van der Waals surface area contributed by atoms with E-state index in [1.54, 1.807) is 6.92 Å². The van der Waals surface area contributed by atoms with Gasteiger partial charge in [0.2, 0.25) is 11.7 Å². The van der Waals surface area contributed by atoms with Crippen LogP contribution >= 0.6 is 0 Å². The van der Waals surface area contributed by atoms with Gasteiger partial charge in [0, 0.05) is 36.6 Å². The van der Waals surface area contributed by atoms with Crippen molar-refractivity contribution in [2.24, 2.45) is 11.8 Å². The van der Waals surface area contributed by atoms with Gasteiger partial charge in [-0.05, 0) is 24.0 Å². The molecular weight excluding hydrogens is 426 g/mol. The second-order valence-corrected chi connectivity index (χ2v) is 7.61. The van der Waals surface area contributed by atoms with E-state index in [0.717, 1.165) is 24.9 Å². The summed E-state index contributed by atoms with van der Waals surface area (Å²) < 4.78 is 77.9. The number of nitrogens with zero attached hydrogens (tertiary/aromatic N) is 3. The number of halogens is 6. The maximum atomic E-state index is 13.4. The lowest BCUT2D eigenvalue weighted by Crippen LogP contribution is -2.30. The first-order chi connectivity index (χ1) is 14.3. The fraction of sp³-hybridized carbons (Fsp3) is 0.500. The summed E-state index contributed by atoms with van der Waals surface area (Å²) in [6.07, 6.45) is -5.81. The number of hydrogen-bond donors (Lipinski definition) is 1. The molecule has 0 bridgehead atoms. The van der Waals surface area contributed by atoms with Crippen molar-refractivity contribution in [2.75, 3.05) is 0 Å². The summed E-state index contributed by atoms with van der Waals surface area (Å²) >= 11 is 0. The number of aromatic nitrogens is 3. The maximum Gasteiger partial charge on any atom is 0.451 e. The summed E-state index contributed by atoms with van der Waals surface area (Å²) in [6, 6.07) is 1.06. The van der Waals surface area contributed by atoms with Crippen molar-refractivity contribution in [1.82, 2.24) is 20.3 Å². The molecule has 0 spiro atoms. The van der Waals surface area contributed by atoms with Gasteiger partial charge in [-0.25, -0.2) is 9.97 Å². The van der Waals surface area contributed by atoms with Crippen LogP contribution in [-0.2, 0) is 23.7 Å². The van der Waals surface area contributed by atoms with Gasteiger partial charge in [0.15, 0.2) is 0 Å². The summed E-state index contributed by atoms with van der Waals surface area (Å²) in [7, 11) is 0. The van der Waals surface area contributed by atoms with Gasteiger partial charge < -0.3 is 5.32 Å². The standard InChI is InChI=1S/C20H22F6N4O/c1-11(2)4-5-12(3)17(31)28-7-13-6-16(27-10-15(13)19(21,22)23)14-8-29-18(30-9-14)20(24,25)26/h6,8-12H,4-5,7H2,1-3H3,(H,28,31). The number of alkyl halides is 6. The van der Waals surface area contributed by atoms with Gasteiger partial charge in [0.05, 0.1) is 11.3 Å². The van der Waals surface area contributed by atoms with E-state index in [9.17, 15) is 31.1 Å². The first kappa shape index (κ1) is 24.5. The molecule has 0 radical (unpaired) electrons. The molecule has 0 aliphatic carbocycles. The Labute approximate surface area is 175 Å². The van der Waals surface area contributed by atoms with Gasteiger partial charge in [-0.3, -0.25) is 9.78 Å². The highest BCUT2D eigenvalue weighted by molar-refractivity contribution is 5.78. The first-order valence-electron chi connectivity index (χ1n) is 9.52. The van der Waals surface area contributed by atoms with Crippen molar-refractivity contribution < 1.29 is 31.1 Å². The third-order valence-corrected chi connectivity index (χ3v) is 4.57. The topological polar surface area (TPSA) is 67.8 Å². The molecule has 11 heteroatoms. The van der Waals surface area contributed by atoms with E-state index in [-0.39, 0.29) is 28.6 Å². The molecular formula is C20H22F6N4O. The van der Waals surface area contributed by atoms with Crippen LogP contribution in [0.4, 0.5) is 26.3 Å². The molecule has 5 nitrogen and oxygen atoms in total. The lowest BCUT2D eigenvalue weighted by Gasteiger charge is -2.17. The van der Waals surface area contributed by atoms with Gasteiger partial charge in [-0.2, -0.15) is 26.3 Å². The van der Waals surface area contributed by atoms with Crippen LogP contribution in [0.5, 0.6) is 0 Å². The van der Waals surface area contributed by atoms with Crippen molar-refractivity contribution in [1.29, 1.82) is 0 Å². The molecule has 170 valence electrons. The highest BCUT2D eigenvalue weighted by Crippen LogP contribution is 2.33. The van der Waals surface area contributed by atoms with Crippen molar-refractivity contribution in [3.05, 3.63) is 41.6 Å². The van der Waals surface area contributed by atoms with Crippen molar-refractivity contribution in [3.63, 3.8) is 0 Å². The normalized spacial score (nSPS) is 13.4. The van der Waals surface area contributed by atoms with Gasteiger partial charge in [-0.15, -0.1) is 0 Å². The van der Waals surface area contributed by atoms with Crippen LogP contribution in [0, 0.1) is 11.8 Å². The van der Waals surface area contributed by atoms with Crippen LogP contribution in [0.3, 0.4) is 0 Å². The van der Waals surface area contributed by atoms with E-state index < -0.39 is 30.3 Å². The van der Waals surface area contributed by atoms with Crippen LogP contribution in [0.15, 0.2) is 24.7 Å². The van der Waals surface area contributed by atoms with Gasteiger partial charge >= 0.3 is 12.4 Å². The molecule has 2 aromatic rings. The minimum absolute atomic E-state index is 0.0135. The summed E-state index contributed by atoms with van der Waals surface area (Å²) in [5.74, 6) is -1.74. The minimum atomic E-state index is -4.74. The Morgan fingerprint density at radius 2 is 1.55 bits per heavy atom. The van der Waals surface area contributed by atoms with Crippen LogP contribution in [0.1, 0.15) is 50.6 Å². The van der Waals surface area contributed by atoms with E-state index in [1.165, 1.54) is 0 Å². The van der Waals surface area contributed by atoms with Gasteiger partial charge in [0.1, 0.15) is 0 Å². The zero-order valence-electron chi connectivity index (χ0n) is 17.1. The van der Waals surface area contributed by atoms with Crippen LogP contribution in [-0.4, -0.2) is 20.9 Å². The largest absolute Gasteiger partial charge is 0.451 e. The van der Waals surface area contributed by atoms with Gasteiger partial charge in [0.25, 0.3) is 0 Å². The van der Waals surface area contributed by atoms with E-state index in [2.05, 4.69) is 20.3 Å². The molecule has 2 rings (SSSR count). The number of amides is 1. The van der Waals surface area contributed by atoms with Crippen LogP contribution in [0.2, 0.25) is 0 Å². The first-order valence-corrected chi connectivity index (χ1v) is 9.52. The molecule has 0 aliphatic rings. The molecule has 0 aromatic carbocycles. The second kappa shape index (κ2) is 9.61. The molecule has 0 aliphatic heterocycles. The Kier molecular flexibility index (Phi) is 7.61. The molecule has 31 heavy (non-hydrogen) atoms. The monoisotopic (exact) mass is 448 g/mol. The Bertz CT molecular complexity index is 894. The zero-order chi connectivity index (χ0) is 23.4. The molecule has 1 atom stereocenters. The Hall–Kier alpha value is -2.72. The Balaban J connectivity index is 2.25. The number of carbonyl (C=O) groups is 1. The average molecular weight is 448 g/mol. The minimum Gasteiger partial charge on any atom is -0.352 e. The molecule has 0 fully saturated rings. The van der Waals surface area contributed by atoms with E-state index in [4.69, 9.17) is 0 Å². The molecule has 1 unspecified atom stereocenters. The second-order valence-electron chi connectivity index (χ2n) is 7.61. The van der Waals surface area contributed by atoms with Crippen molar-refractivity contribution in [3.8, 4) is 11.3 Å². The molecule has 1 N–H and O–H groups in total. The number of hydrogen-bond acceptors (Lipinski definition) is 4. The summed E-state index contributed by atoms with van der Waals surface area (Å²) in [5, 5.41) is 2.50. The summed E-state index contributed by atoms with van der Waals surface area (Å²) in [4.78, 5) is 22.3. The van der Waals surface area contributed by atoms with Crippen LogP contribution < -0.4 is 5.32 Å². The van der Waals surface area contributed by atoms with Crippen molar-refractivity contribution >= 4 is 5.91 Å². The quantitative estimate of drug-likeness (QED) is 0.587. The lowest BCUT2D eigenvalue weighted by molar-refractivity contribution is -0.145. The van der Waals surface area contributed by atoms with Gasteiger partial charge in [-0.1, -0.05) is 27.2 Å². The smallest absolute Gasteiger partial charge is 0.352 e. The fourth-order valence-corrected chi connectivity index (χ4v) is 2.73. The summed E-state index contributed by atoms with van der Waals surface area (Å²) in [6.45, 7) is 5.30. The summed E-state index contributed by atoms with van der Waals surface area (Å²) in [5.41, 5.74) is -1.33. The average Bonchev–Trinajstić information content (AvgIpc) is 2.68. The van der Waals surface area contributed by atoms with E-state index in [0.29, 0.717) is 18.5 Å². The number of carbonyl (C=O) groups excluding carboxylic acids is 1. The van der Waals surface area contributed by atoms with E-state index >= 15 is 0 Å². The third-order valence-electron chi connectivity index (χ3n) is 4.57. The van der Waals surface area contributed by atoms with Crippen molar-refractivity contribution in [2.45, 2.75) is 52.5 Å². The molecule has 2 aromatic heterocycles. The highest BCUT2D eigenvalue weighted by atomic mass is 19.4. The molecule has 2 heterocycles. The Morgan fingerprint density at radius 1 is 0.935 bits per heavy atom. The lowest BCUT2D eigenvalue weighted by atomic mass is 9.98. The predicted octanol–water partition coefficient (Wildman–Crippen LogP) is 5.26. The SMILES string of the molecule is CC(C)CCC(C)C(=O)NCc1cc(-c2cnc(C(F)(F)F)nc2)ncc1C(F)(F)F. The predicted molar refractivity (Wildman–Crippen MR) is 100 cm³/mol. The number of nitrogens with one attached hydrogen (secondary N) is 1. The maximum absolute atomic E-state index is 13.4.